The normalized spacial score (nSPS) is 16.2. The molecule has 9 heteroatoms. The number of carbonyl (C=O) groups excluding carboxylic acids is 1. The summed E-state index contributed by atoms with van der Waals surface area (Å²) in [5.41, 5.74) is 4.25. The molecule has 1 atom stereocenters. The number of methoxy groups -OCH3 is 1. The molecule has 1 aliphatic heterocycles. The molecule has 9 nitrogen and oxygen atoms in total. The summed E-state index contributed by atoms with van der Waals surface area (Å²) < 4.78 is 13.1. The number of aromatic nitrogens is 5. The number of aromatic amines is 1. The highest BCUT2D eigenvalue weighted by Crippen LogP contribution is 2.37. The molecule has 0 spiro atoms. The number of benzene rings is 1. The van der Waals surface area contributed by atoms with Crippen molar-refractivity contribution in [3.8, 4) is 5.75 Å². The van der Waals surface area contributed by atoms with E-state index in [0.29, 0.717) is 41.4 Å². The molecule has 0 aliphatic carbocycles. The van der Waals surface area contributed by atoms with Gasteiger partial charge in [0.15, 0.2) is 17.4 Å². The third kappa shape index (κ3) is 2.69. The predicted octanol–water partition coefficient (Wildman–Crippen LogP) is 2.39. The van der Waals surface area contributed by atoms with Crippen LogP contribution in [0.2, 0.25) is 0 Å². The maximum atomic E-state index is 13.4. The Morgan fingerprint density at radius 2 is 2.24 bits per heavy atom. The number of fused-ring (bicyclic) bond motifs is 2. The zero-order valence-corrected chi connectivity index (χ0v) is 16.3. The lowest BCUT2D eigenvalue weighted by atomic mass is 10.0. The summed E-state index contributed by atoms with van der Waals surface area (Å²) in [5.74, 6) is 0.866. The lowest BCUT2D eigenvalue weighted by molar-refractivity contribution is 0.0656. The molecular formula is C20H20N6O3. The Morgan fingerprint density at radius 1 is 1.38 bits per heavy atom. The third-order valence-electron chi connectivity index (χ3n) is 5.26. The maximum absolute atomic E-state index is 13.4. The summed E-state index contributed by atoms with van der Waals surface area (Å²) >= 11 is 0. The number of para-hydroxylation sites is 1. The fourth-order valence-corrected chi connectivity index (χ4v) is 3.92. The van der Waals surface area contributed by atoms with Gasteiger partial charge in [0.1, 0.15) is 11.2 Å². The van der Waals surface area contributed by atoms with Crippen LogP contribution in [0.4, 0.5) is 0 Å². The number of amides is 1. The van der Waals surface area contributed by atoms with Gasteiger partial charge in [0.2, 0.25) is 5.89 Å². The molecule has 0 saturated heterocycles. The number of aryl methyl sites for hydroxylation is 2. The SMILES string of the molecule is COc1cccc2nc([C@@H]3c4nc[nH]c4CCN3C(=O)c3cc(C)nn3C)oc12. The quantitative estimate of drug-likeness (QED) is 0.574. The minimum absolute atomic E-state index is 0.138. The van der Waals surface area contributed by atoms with Crippen molar-refractivity contribution in [1.82, 2.24) is 29.6 Å². The number of rotatable bonds is 3. The molecule has 0 fully saturated rings. The van der Waals surface area contributed by atoms with Crippen LogP contribution in [0.1, 0.15) is 39.5 Å². The van der Waals surface area contributed by atoms with Crippen LogP contribution in [0.3, 0.4) is 0 Å². The summed E-state index contributed by atoms with van der Waals surface area (Å²) in [7, 11) is 3.35. The zero-order chi connectivity index (χ0) is 20.1. The number of H-pyrrole nitrogens is 1. The molecule has 0 radical (unpaired) electrons. The molecule has 0 bridgehead atoms. The highest BCUT2D eigenvalue weighted by Gasteiger charge is 2.38. The largest absolute Gasteiger partial charge is 0.493 e. The third-order valence-corrected chi connectivity index (χ3v) is 5.26. The van der Waals surface area contributed by atoms with Gasteiger partial charge < -0.3 is 19.0 Å². The van der Waals surface area contributed by atoms with Gasteiger partial charge >= 0.3 is 0 Å². The highest BCUT2D eigenvalue weighted by atomic mass is 16.5. The topological polar surface area (TPSA) is 102 Å². The second kappa shape index (κ2) is 6.47. The van der Waals surface area contributed by atoms with Crippen LogP contribution in [0, 0.1) is 6.92 Å². The molecule has 1 aromatic carbocycles. The van der Waals surface area contributed by atoms with Crippen LogP contribution >= 0.6 is 0 Å². The Bertz CT molecular complexity index is 1220. The summed E-state index contributed by atoms with van der Waals surface area (Å²) in [6.45, 7) is 2.38. The number of oxazole rings is 1. The van der Waals surface area contributed by atoms with Crippen molar-refractivity contribution in [3.63, 3.8) is 0 Å². The van der Waals surface area contributed by atoms with Crippen molar-refractivity contribution in [1.29, 1.82) is 0 Å². The van der Waals surface area contributed by atoms with Crippen molar-refractivity contribution < 1.29 is 13.9 Å². The lowest BCUT2D eigenvalue weighted by Gasteiger charge is -2.32. The van der Waals surface area contributed by atoms with Crippen LogP contribution in [-0.2, 0) is 13.5 Å². The predicted molar refractivity (Wildman–Crippen MR) is 104 cm³/mol. The first-order valence-electron chi connectivity index (χ1n) is 9.34. The maximum Gasteiger partial charge on any atom is 0.273 e. The first kappa shape index (κ1) is 17.5. The molecular weight excluding hydrogens is 372 g/mol. The minimum atomic E-state index is -0.537. The first-order chi connectivity index (χ1) is 14.1. The van der Waals surface area contributed by atoms with E-state index in [1.807, 2.05) is 25.1 Å². The summed E-state index contributed by atoms with van der Waals surface area (Å²) in [4.78, 5) is 27.5. The molecule has 1 N–H and O–H groups in total. The van der Waals surface area contributed by atoms with Gasteiger partial charge in [0, 0.05) is 25.7 Å². The van der Waals surface area contributed by atoms with Crippen molar-refractivity contribution in [2.75, 3.05) is 13.7 Å². The Kier molecular flexibility index (Phi) is 3.90. The second-order valence-corrected chi connectivity index (χ2v) is 7.07. The van der Waals surface area contributed by atoms with E-state index < -0.39 is 6.04 Å². The van der Waals surface area contributed by atoms with Crippen molar-refractivity contribution in [2.45, 2.75) is 19.4 Å². The van der Waals surface area contributed by atoms with E-state index in [0.717, 1.165) is 17.1 Å². The fourth-order valence-electron chi connectivity index (χ4n) is 3.92. The monoisotopic (exact) mass is 392 g/mol. The van der Waals surface area contributed by atoms with Gasteiger partial charge in [-0.2, -0.15) is 5.10 Å². The summed E-state index contributed by atoms with van der Waals surface area (Å²) in [5, 5.41) is 4.31. The number of imidazole rings is 1. The number of hydrogen-bond acceptors (Lipinski definition) is 6. The fraction of sp³-hybridized carbons (Fsp3) is 0.300. The minimum Gasteiger partial charge on any atom is -0.493 e. The van der Waals surface area contributed by atoms with Gasteiger partial charge in [-0.15, -0.1) is 0 Å². The highest BCUT2D eigenvalue weighted by molar-refractivity contribution is 5.93. The number of carbonyl (C=O) groups is 1. The molecule has 148 valence electrons. The molecule has 4 aromatic rings. The summed E-state index contributed by atoms with van der Waals surface area (Å²) in [6.07, 6.45) is 2.32. The van der Waals surface area contributed by atoms with Gasteiger partial charge in [-0.1, -0.05) is 6.07 Å². The standard InChI is InChI=1S/C20H20N6O3/c1-11-9-14(25(2)24-11)20(27)26-8-7-12-16(22-10-21-12)17(26)19-23-13-5-4-6-15(28-3)18(13)29-19/h4-6,9-10,17H,7-8H2,1-3H3,(H,21,22)/t17-/m0/s1. The molecule has 3 aromatic heterocycles. The smallest absolute Gasteiger partial charge is 0.273 e. The Morgan fingerprint density at radius 3 is 3.00 bits per heavy atom. The van der Waals surface area contributed by atoms with Crippen LogP contribution in [0.5, 0.6) is 5.75 Å². The van der Waals surface area contributed by atoms with Crippen LogP contribution < -0.4 is 4.74 Å². The molecule has 29 heavy (non-hydrogen) atoms. The molecule has 4 heterocycles. The van der Waals surface area contributed by atoms with E-state index in [4.69, 9.17) is 9.15 Å². The van der Waals surface area contributed by atoms with Crippen molar-refractivity contribution in [3.05, 3.63) is 59.3 Å². The molecule has 5 rings (SSSR count). The lowest BCUT2D eigenvalue weighted by Crippen LogP contribution is -2.41. The Balaban J connectivity index is 1.65. The Labute approximate surface area is 166 Å². The van der Waals surface area contributed by atoms with E-state index in [1.54, 1.807) is 36.1 Å². The summed E-state index contributed by atoms with van der Waals surface area (Å²) in [6, 6.07) is 6.78. The zero-order valence-electron chi connectivity index (χ0n) is 16.3. The van der Waals surface area contributed by atoms with Gasteiger partial charge in [-0.25, -0.2) is 9.97 Å². The van der Waals surface area contributed by atoms with E-state index in [2.05, 4.69) is 20.1 Å². The number of ether oxygens (including phenoxy) is 1. The van der Waals surface area contributed by atoms with E-state index in [1.165, 1.54) is 0 Å². The van der Waals surface area contributed by atoms with Crippen molar-refractivity contribution >= 4 is 17.0 Å². The first-order valence-corrected chi connectivity index (χ1v) is 9.34. The molecule has 1 aliphatic rings. The van der Waals surface area contributed by atoms with Crippen LogP contribution in [0.25, 0.3) is 11.1 Å². The number of nitrogens with zero attached hydrogens (tertiary/aromatic N) is 5. The van der Waals surface area contributed by atoms with Crippen molar-refractivity contribution in [2.24, 2.45) is 7.05 Å². The van der Waals surface area contributed by atoms with Gasteiger partial charge in [0.25, 0.3) is 5.91 Å². The van der Waals surface area contributed by atoms with Gasteiger partial charge in [-0.3, -0.25) is 9.48 Å². The molecule has 0 saturated carbocycles. The van der Waals surface area contributed by atoms with E-state index in [-0.39, 0.29) is 5.91 Å². The molecule has 1 amide bonds. The number of nitrogens with one attached hydrogen (secondary N) is 1. The molecule has 0 unspecified atom stereocenters. The van der Waals surface area contributed by atoms with Gasteiger partial charge in [0.05, 0.1) is 24.8 Å². The van der Waals surface area contributed by atoms with E-state index in [9.17, 15) is 4.79 Å². The Hall–Kier alpha value is -3.62. The van der Waals surface area contributed by atoms with Crippen LogP contribution in [0.15, 0.2) is 35.0 Å². The van der Waals surface area contributed by atoms with E-state index >= 15 is 0 Å². The van der Waals surface area contributed by atoms with Gasteiger partial charge in [-0.05, 0) is 25.1 Å². The average Bonchev–Trinajstić information content (AvgIpc) is 3.43. The average molecular weight is 392 g/mol. The second-order valence-electron chi connectivity index (χ2n) is 7.07. The van der Waals surface area contributed by atoms with Crippen LogP contribution in [-0.4, -0.2) is 49.2 Å². The number of hydrogen-bond donors (Lipinski definition) is 1.